The standard InChI is InChI=1S/C19H20F3N3O/c1-25-17-4-6-24-10-15(17)14-7-13(8-16(18(14)25)19(20,21)22)26-11-12-3-2-5-23-9-12/h2-3,5,7-9,15,17,24H,4,6,10-11H2,1H3. The number of aromatic nitrogens is 1. The van der Waals surface area contributed by atoms with Crippen molar-refractivity contribution in [1.82, 2.24) is 10.3 Å². The lowest BCUT2D eigenvalue weighted by Gasteiger charge is -2.31. The Labute approximate surface area is 150 Å². The lowest BCUT2D eigenvalue weighted by Crippen LogP contribution is -2.42. The number of nitrogens with one attached hydrogen (secondary N) is 1. The van der Waals surface area contributed by atoms with Crippen LogP contribution in [-0.2, 0) is 12.8 Å². The number of alkyl halides is 3. The van der Waals surface area contributed by atoms with E-state index in [2.05, 4.69) is 10.3 Å². The lowest BCUT2D eigenvalue weighted by molar-refractivity contribution is -0.137. The second kappa shape index (κ2) is 6.46. The van der Waals surface area contributed by atoms with Gasteiger partial charge in [-0.3, -0.25) is 4.98 Å². The van der Waals surface area contributed by atoms with Gasteiger partial charge in [0.15, 0.2) is 0 Å². The molecule has 1 N–H and O–H groups in total. The summed E-state index contributed by atoms with van der Waals surface area (Å²) in [7, 11) is 1.76. The van der Waals surface area contributed by atoms with Gasteiger partial charge in [-0.1, -0.05) is 6.07 Å². The minimum Gasteiger partial charge on any atom is -0.489 e. The van der Waals surface area contributed by atoms with Crippen LogP contribution >= 0.6 is 0 Å². The van der Waals surface area contributed by atoms with Crippen molar-refractivity contribution >= 4 is 5.69 Å². The molecule has 0 radical (unpaired) electrons. The number of anilines is 1. The lowest BCUT2D eigenvalue weighted by atomic mass is 9.89. The highest BCUT2D eigenvalue weighted by Gasteiger charge is 2.45. The molecule has 1 saturated heterocycles. The summed E-state index contributed by atoms with van der Waals surface area (Å²) in [5.74, 6) is 0.298. The van der Waals surface area contributed by atoms with Crippen LogP contribution in [0.3, 0.4) is 0 Å². The first-order valence-electron chi connectivity index (χ1n) is 8.65. The van der Waals surface area contributed by atoms with Gasteiger partial charge < -0.3 is 15.0 Å². The molecule has 26 heavy (non-hydrogen) atoms. The number of rotatable bonds is 3. The van der Waals surface area contributed by atoms with E-state index >= 15 is 0 Å². The summed E-state index contributed by atoms with van der Waals surface area (Å²) in [4.78, 5) is 5.80. The van der Waals surface area contributed by atoms with Crippen LogP contribution in [0.4, 0.5) is 18.9 Å². The van der Waals surface area contributed by atoms with E-state index < -0.39 is 11.7 Å². The second-order valence-corrected chi connectivity index (χ2v) is 6.83. The zero-order valence-electron chi connectivity index (χ0n) is 14.4. The molecule has 1 aromatic heterocycles. The maximum atomic E-state index is 13.7. The first-order chi connectivity index (χ1) is 12.4. The van der Waals surface area contributed by atoms with Gasteiger partial charge in [0.05, 0.1) is 11.3 Å². The second-order valence-electron chi connectivity index (χ2n) is 6.83. The van der Waals surface area contributed by atoms with E-state index in [1.165, 1.54) is 0 Å². The Hall–Kier alpha value is -2.28. The quantitative estimate of drug-likeness (QED) is 0.905. The molecule has 4 rings (SSSR count). The molecule has 7 heteroatoms. The van der Waals surface area contributed by atoms with Gasteiger partial charge in [-0.2, -0.15) is 13.2 Å². The molecule has 0 saturated carbocycles. The zero-order valence-corrected chi connectivity index (χ0v) is 14.4. The summed E-state index contributed by atoms with van der Waals surface area (Å²) >= 11 is 0. The summed E-state index contributed by atoms with van der Waals surface area (Å²) in [6, 6.07) is 6.60. The Morgan fingerprint density at radius 3 is 2.92 bits per heavy atom. The summed E-state index contributed by atoms with van der Waals surface area (Å²) in [5.41, 5.74) is 1.22. The van der Waals surface area contributed by atoms with Crippen LogP contribution in [0.2, 0.25) is 0 Å². The van der Waals surface area contributed by atoms with E-state index in [0.717, 1.165) is 30.2 Å². The van der Waals surface area contributed by atoms with E-state index in [1.807, 2.05) is 6.07 Å². The molecule has 0 amide bonds. The number of hydrogen-bond acceptors (Lipinski definition) is 4. The highest BCUT2D eigenvalue weighted by atomic mass is 19.4. The van der Waals surface area contributed by atoms with Crippen molar-refractivity contribution in [2.75, 3.05) is 25.0 Å². The molecule has 4 nitrogen and oxygen atoms in total. The highest BCUT2D eigenvalue weighted by Crippen LogP contribution is 2.50. The fourth-order valence-electron chi connectivity index (χ4n) is 4.05. The Morgan fingerprint density at radius 2 is 2.19 bits per heavy atom. The maximum absolute atomic E-state index is 13.7. The largest absolute Gasteiger partial charge is 0.489 e. The van der Waals surface area contributed by atoms with Crippen LogP contribution < -0.4 is 15.0 Å². The van der Waals surface area contributed by atoms with Crippen LogP contribution in [0.1, 0.15) is 29.0 Å². The third kappa shape index (κ3) is 3.00. The predicted molar refractivity (Wildman–Crippen MR) is 92.4 cm³/mol. The van der Waals surface area contributed by atoms with Crippen LogP contribution in [0, 0.1) is 0 Å². The molecule has 2 aliphatic rings. The third-order valence-electron chi connectivity index (χ3n) is 5.24. The first kappa shape index (κ1) is 17.1. The van der Waals surface area contributed by atoms with Crippen molar-refractivity contribution in [3.8, 4) is 5.75 Å². The summed E-state index contributed by atoms with van der Waals surface area (Å²) in [6.45, 7) is 1.70. The Kier molecular flexibility index (Phi) is 4.26. The zero-order chi connectivity index (χ0) is 18.3. The van der Waals surface area contributed by atoms with Crippen molar-refractivity contribution in [2.45, 2.75) is 31.2 Å². The molecule has 1 aromatic carbocycles. The van der Waals surface area contributed by atoms with E-state index in [0.29, 0.717) is 12.2 Å². The van der Waals surface area contributed by atoms with Gasteiger partial charge >= 0.3 is 6.18 Å². The fourth-order valence-corrected chi connectivity index (χ4v) is 4.05. The smallest absolute Gasteiger partial charge is 0.418 e. The van der Waals surface area contributed by atoms with E-state index in [4.69, 9.17) is 4.74 Å². The molecule has 2 aromatic rings. The summed E-state index contributed by atoms with van der Waals surface area (Å²) in [6.07, 6.45) is -0.300. The molecule has 2 unspecified atom stereocenters. The van der Waals surface area contributed by atoms with Gasteiger partial charge in [-0.15, -0.1) is 0 Å². The fraction of sp³-hybridized carbons (Fsp3) is 0.421. The normalized spacial score (nSPS) is 22.1. The van der Waals surface area contributed by atoms with Gasteiger partial charge in [-0.05, 0) is 36.7 Å². The molecular weight excluding hydrogens is 343 g/mol. The predicted octanol–water partition coefficient (Wildman–Crippen LogP) is 3.57. The third-order valence-corrected chi connectivity index (χ3v) is 5.24. The Morgan fingerprint density at radius 1 is 1.35 bits per heavy atom. The van der Waals surface area contributed by atoms with E-state index in [1.54, 1.807) is 36.5 Å². The Bertz CT molecular complexity index is 795. The summed E-state index contributed by atoms with van der Waals surface area (Å²) < 4.78 is 46.9. The number of nitrogens with zero attached hydrogens (tertiary/aromatic N) is 2. The number of ether oxygens (including phenoxy) is 1. The van der Waals surface area contributed by atoms with Crippen molar-refractivity contribution in [2.24, 2.45) is 0 Å². The van der Waals surface area contributed by atoms with Gasteiger partial charge in [0.25, 0.3) is 0 Å². The number of hydrogen-bond donors (Lipinski definition) is 1. The van der Waals surface area contributed by atoms with Gasteiger partial charge in [-0.25, -0.2) is 0 Å². The van der Waals surface area contributed by atoms with Gasteiger partial charge in [0.2, 0.25) is 0 Å². The van der Waals surface area contributed by atoms with Crippen LogP contribution in [0.15, 0.2) is 36.7 Å². The van der Waals surface area contributed by atoms with Crippen LogP contribution in [0.5, 0.6) is 5.75 Å². The average molecular weight is 363 g/mol. The van der Waals surface area contributed by atoms with Crippen molar-refractivity contribution in [1.29, 1.82) is 0 Å². The minimum absolute atomic E-state index is 0.0480. The molecule has 138 valence electrons. The Balaban J connectivity index is 1.71. The number of pyridine rings is 1. The summed E-state index contributed by atoms with van der Waals surface area (Å²) in [5, 5.41) is 3.30. The number of piperidine rings is 1. The molecule has 2 aliphatic heterocycles. The number of halogens is 3. The number of likely N-dealkylation sites (N-methyl/N-ethyl adjacent to an activating group) is 1. The van der Waals surface area contributed by atoms with Gasteiger partial charge in [0, 0.05) is 43.5 Å². The van der Waals surface area contributed by atoms with Crippen molar-refractivity contribution < 1.29 is 17.9 Å². The number of fused-ring (bicyclic) bond motifs is 3. The monoisotopic (exact) mass is 363 g/mol. The molecule has 0 spiro atoms. The van der Waals surface area contributed by atoms with Crippen LogP contribution in [0.25, 0.3) is 0 Å². The number of benzene rings is 1. The minimum atomic E-state index is -4.42. The molecule has 0 aliphatic carbocycles. The SMILES string of the molecule is CN1c2c(cc(OCc3cccnc3)cc2C(F)(F)F)C2CNCCC21. The van der Waals surface area contributed by atoms with Crippen molar-refractivity contribution in [3.05, 3.63) is 53.3 Å². The topological polar surface area (TPSA) is 37.4 Å². The molecule has 0 bridgehead atoms. The highest BCUT2D eigenvalue weighted by molar-refractivity contribution is 5.69. The molecule has 3 heterocycles. The van der Waals surface area contributed by atoms with Crippen molar-refractivity contribution in [3.63, 3.8) is 0 Å². The maximum Gasteiger partial charge on any atom is 0.418 e. The average Bonchev–Trinajstić information content (AvgIpc) is 2.92. The first-order valence-corrected chi connectivity index (χ1v) is 8.65. The van der Waals surface area contributed by atoms with E-state index in [9.17, 15) is 13.2 Å². The molecular formula is C19H20F3N3O. The van der Waals surface area contributed by atoms with Crippen LogP contribution in [-0.4, -0.2) is 31.2 Å². The van der Waals surface area contributed by atoms with E-state index in [-0.39, 0.29) is 24.3 Å². The molecule has 1 fully saturated rings. The van der Waals surface area contributed by atoms with Gasteiger partial charge in [0.1, 0.15) is 12.4 Å². The molecule has 2 atom stereocenters.